The first-order valence-electron chi connectivity index (χ1n) is 6.28. The lowest BCUT2D eigenvalue weighted by Gasteiger charge is -2.32. The van der Waals surface area contributed by atoms with Crippen molar-refractivity contribution in [1.29, 1.82) is 0 Å². The summed E-state index contributed by atoms with van der Waals surface area (Å²) in [5.74, 6) is 0.730. The van der Waals surface area contributed by atoms with Crippen LogP contribution in [0.1, 0.15) is 18.2 Å². The van der Waals surface area contributed by atoms with E-state index in [1.165, 1.54) is 6.54 Å². The zero-order chi connectivity index (χ0) is 12.4. The topological polar surface area (TPSA) is 53.4 Å². The summed E-state index contributed by atoms with van der Waals surface area (Å²) >= 11 is 0. The zero-order valence-electron chi connectivity index (χ0n) is 10.8. The number of aryl methyl sites for hydroxylation is 1. The van der Waals surface area contributed by atoms with E-state index in [-0.39, 0.29) is 5.56 Å². The van der Waals surface area contributed by atoms with Crippen molar-refractivity contribution >= 4 is 5.95 Å². The summed E-state index contributed by atoms with van der Waals surface area (Å²) in [5.41, 5.74) is 1.53. The van der Waals surface area contributed by atoms with Crippen molar-refractivity contribution in [1.82, 2.24) is 9.97 Å². The number of aromatic amines is 1. The maximum atomic E-state index is 11.7. The molecule has 0 saturated carbocycles. The number of H-pyrrole nitrogens is 1. The summed E-state index contributed by atoms with van der Waals surface area (Å²) in [6.07, 6.45) is 0. The standard InChI is InChI=1S/C12H20N4O/c1-4-15-5-7-16(8-6-15)12-13-10(3)9(2)11(17)14-12/h4-8H2,1-3H3,(H,13,14,17)/p+1. The van der Waals surface area contributed by atoms with Crippen LogP contribution < -0.4 is 15.4 Å². The maximum Gasteiger partial charge on any atom is 0.255 e. The number of aromatic nitrogens is 2. The van der Waals surface area contributed by atoms with Crippen LogP contribution in [0.4, 0.5) is 5.95 Å². The minimum Gasteiger partial charge on any atom is -0.332 e. The summed E-state index contributed by atoms with van der Waals surface area (Å²) in [6.45, 7) is 11.3. The first kappa shape index (κ1) is 12.1. The van der Waals surface area contributed by atoms with E-state index in [1.807, 2.05) is 13.8 Å². The molecule has 5 nitrogen and oxygen atoms in total. The smallest absolute Gasteiger partial charge is 0.255 e. The van der Waals surface area contributed by atoms with E-state index in [4.69, 9.17) is 0 Å². The van der Waals surface area contributed by atoms with Crippen molar-refractivity contribution in [3.8, 4) is 0 Å². The van der Waals surface area contributed by atoms with E-state index >= 15 is 0 Å². The molecule has 1 aliphatic rings. The van der Waals surface area contributed by atoms with E-state index in [2.05, 4.69) is 21.8 Å². The van der Waals surface area contributed by atoms with Gasteiger partial charge in [0.1, 0.15) is 0 Å². The lowest BCUT2D eigenvalue weighted by atomic mass is 10.3. The second-order valence-electron chi connectivity index (χ2n) is 4.69. The average molecular weight is 237 g/mol. The normalized spacial score (nSPS) is 17.5. The minimum absolute atomic E-state index is 0.0160. The van der Waals surface area contributed by atoms with Gasteiger partial charge in [-0.2, -0.15) is 0 Å². The fourth-order valence-electron chi connectivity index (χ4n) is 2.17. The van der Waals surface area contributed by atoms with Gasteiger partial charge in [-0.05, 0) is 20.8 Å². The molecular weight excluding hydrogens is 216 g/mol. The van der Waals surface area contributed by atoms with E-state index < -0.39 is 0 Å². The highest BCUT2D eigenvalue weighted by molar-refractivity contribution is 5.32. The maximum absolute atomic E-state index is 11.7. The molecule has 0 bridgehead atoms. The predicted molar refractivity (Wildman–Crippen MR) is 67.8 cm³/mol. The Morgan fingerprint density at radius 3 is 2.53 bits per heavy atom. The van der Waals surface area contributed by atoms with Crippen LogP contribution >= 0.6 is 0 Å². The van der Waals surface area contributed by atoms with Gasteiger partial charge in [-0.15, -0.1) is 0 Å². The highest BCUT2D eigenvalue weighted by atomic mass is 16.1. The Kier molecular flexibility index (Phi) is 3.47. The molecule has 0 aliphatic carbocycles. The molecule has 1 aromatic rings. The van der Waals surface area contributed by atoms with Gasteiger partial charge in [-0.3, -0.25) is 9.78 Å². The third kappa shape index (κ3) is 2.49. The van der Waals surface area contributed by atoms with Crippen molar-refractivity contribution in [3.63, 3.8) is 0 Å². The third-order valence-electron chi connectivity index (χ3n) is 3.65. The Labute approximate surface area is 101 Å². The average Bonchev–Trinajstić information content (AvgIpc) is 2.35. The van der Waals surface area contributed by atoms with Gasteiger partial charge >= 0.3 is 0 Å². The summed E-state index contributed by atoms with van der Waals surface area (Å²) in [7, 11) is 0. The van der Waals surface area contributed by atoms with Crippen LogP contribution in [0.15, 0.2) is 4.79 Å². The number of piperazine rings is 1. The van der Waals surface area contributed by atoms with Gasteiger partial charge in [0.2, 0.25) is 5.95 Å². The molecule has 1 saturated heterocycles. The molecule has 1 aromatic heterocycles. The molecule has 1 aliphatic heterocycles. The lowest BCUT2D eigenvalue weighted by Crippen LogP contribution is -3.14. The van der Waals surface area contributed by atoms with Crippen LogP contribution in [-0.2, 0) is 0 Å². The quantitative estimate of drug-likeness (QED) is 0.702. The van der Waals surface area contributed by atoms with Gasteiger partial charge < -0.3 is 9.80 Å². The van der Waals surface area contributed by atoms with Gasteiger partial charge in [-0.1, -0.05) is 0 Å². The number of nitrogens with one attached hydrogen (secondary N) is 2. The van der Waals surface area contributed by atoms with Crippen LogP contribution in [0, 0.1) is 13.8 Å². The second-order valence-corrected chi connectivity index (χ2v) is 4.69. The Bertz CT molecular complexity index is 446. The van der Waals surface area contributed by atoms with E-state index in [1.54, 1.807) is 4.90 Å². The van der Waals surface area contributed by atoms with Crippen LogP contribution in [0.3, 0.4) is 0 Å². The van der Waals surface area contributed by atoms with Gasteiger partial charge in [-0.25, -0.2) is 4.98 Å². The summed E-state index contributed by atoms with van der Waals surface area (Å²) in [5, 5.41) is 0. The summed E-state index contributed by atoms with van der Waals surface area (Å²) < 4.78 is 0. The van der Waals surface area contributed by atoms with Crippen LogP contribution in [-0.4, -0.2) is 42.7 Å². The Hall–Kier alpha value is -1.36. The molecule has 2 rings (SSSR count). The van der Waals surface area contributed by atoms with Crippen molar-refractivity contribution in [2.24, 2.45) is 0 Å². The lowest BCUT2D eigenvalue weighted by molar-refractivity contribution is -0.898. The van der Waals surface area contributed by atoms with Crippen LogP contribution in [0.2, 0.25) is 0 Å². The number of likely N-dealkylation sites (N-methyl/N-ethyl adjacent to an activating group) is 1. The molecule has 0 atom stereocenters. The van der Waals surface area contributed by atoms with Gasteiger partial charge in [0.15, 0.2) is 0 Å². The molecule has 2 heterocycles. The zero-order valence-corrected chi connectivity index (χ0v) is 10.8. The molecular formula is C12H21N4O+. The molecule has 5 heteroatoms. The van der Waals surface area contributed by atoms with Gasteiger partial charge in [0.25, 0.3) is 5.56 Å². The highest BCUT2D eigenvalue weighted by Crippen LogP contribution is 2.07. The number of nitrogens with zero attached hydrogens (tertiary/aromatic N) is 2. The van der Waals surface area contributed by atoms with E-state index in [9.17, 15) is 4.79 Å². The number of rotatable bonds is 2. The molecule has 2 N–H and O–H groups in total. The monoisotopic (exact) mass is 237 g/mol. The van der Waals surface area contributed by atoms with Crippen molar-refractivity contribution < 1.29 is 4.90 Å². The molecule has 94 valence electrons. The Balaban J connectivity index is 2.16. The Morgan fingerprint density at radius 1 is 1.35 bits per heavy atom. The van der Waals surface area contributed by atoms with Crippen molar-refractivity contribution in [2.45, 2.75) is 20.8 Å². The SMILES string of the molecule is CC[NH+]1CCN(c2nc(C)c(C)c(=O)[nH]2)CC1. The molecule has 0 spiro atoms. The fraction of sp³-hybridized carbons (Fsp3) is 0.667. The van der Waals surface area contributed by atoms with Gasteiger partial charge in [0.05, 0.1) is 32.7 Å². The fourth-order valence-corrected chi connectivity index (χ4v) is 2.17. The number of quaternary nitrogens is 1. The number of hydrogen-bond acceptors (Lipinski definition) is 3. The first-order chi connectivity index (χ1) is 8.11. The van der Waals surface area contributed by atoms with E-state index in [0.717, 1.165) is 37.8 Å². The predicted octanol–water partition coefficient (Wildman–Crippen LogP) is -0.888. The molecule has 0 unspecified atom stereocenters. The van der Waals surface area contributed by atoms with Crippen LogP contribution in [0.5, 0.6) is 0 Å². The highest BCUT2D eigenvalue weighted by Gasteiger charge is 2.20. The number of anilines is 1. The van der Waals surface area contributed by atoms with Crippen molar-refractivity contribution in [2.75, 3.05) is 37.6 Å². The molecule has 0 amide bonds. The largest absolute Gasteiger partial charge is 0.332 e. The summed E-state index contributed by atoms with van der Waals surface area (Å²) in [4.78, 5) is 22.8. The molecule has 1 fully saturated rings. The van der Waals surface area contributed by atoms with Crippen molar-refractivity contribution in [3.05, 3.63) is 21.6 Å². The molecule has 17 heavy (non-hydrogen) atoms. The van der Waals surface area contributed by atoms with Crippen LogP contribution in [0.25, 0.3) is 0 Å². The first-order valence-corrected chi connectivity index (χ1v) is 6.28. The Morgan fingerprint density at radius 2 is 2.00 bits per heavy atom. The summed E-state index contributed by atoms with van der Waals surface area (Å²) in [6, 6.07) is 0. The minimum atomic E-state index is -0.0160. The third-order valence-corrected chi connectivity index (χ3v) is 3.65. The molecule has 0 radical (unpaired) electrons. The van der Waals surface area contributed by atoms with Gasteiger partial charge in [0, 0.05) is 11.3 Å². The number of hydrogen-bond donors (Lipinski definition) is 2. The van der Waals surface area contributed by atoms with E-state index in [0.29, 0.717) is 5.56 Å². The molecule has 0 aromatic carbocycles. The second kappa shape index (κ2) is 4.87.